The Hall–Kier alpha value is -2.53. The Labute approximate surface area is 137 Å². The molecular formula is C17H14ClN3O2. The van der Waals surface area contributed by atoms with E-state index in [1.165, 1.54) is 0 Å². The first kappa shape index (κ1) is 14.1. The number of rotatable bonds is 3. The minimum atomic E-state index is -0.0261. The molecule has 23 heavy (non-hydrogen) atoms. The van der Waals surface area contributed by atoms with Crippen molar-refractivity contribution >= 4 is 28.4 Å². The predicted molar refractivity (Wildman–Crippen MR) is 87.9 cm³/mol. The Morgan fingerprint density at radius 1 is 1.26 bits per heavy atom. The molecule has 0 atom stereocenters. The number of ether oxygens (including phenoxy) is 1. The van der Waals surface area contributed by atoms with Crippen molar-refractivity contribution in [2.45, 2.75) is 6.10 Å². The maximum atomic E-state index is 12.5. The van der Waals surface area contributed by atoms with Crippen molar-refractivity contribution in [3.8, 4) is 5.88 Å². The minimum absolute atomic E-state index is 0.0189. The summed E-state index contributed by atoms with van der Waals surface area (Å²) in [5.41, 5.74) is 1.65. The van der Waals surface area contributed by atoms with Crippen LogP contribution in [0.15, 0.2) is 48.8 Å². The number of nitrogens with zero attached hydrogens (tertiary/aromatic N) is 2. The summed E-state index contributed by atoms with van der Waals surface area (Å²) in [6, 6.07) is 11.1. The maximum absolute atomic E-state index is 12.5. The lowest BCUT2D eigenvalue weighted by Gasteiger charge is -2.38. The number of halogens is 1. The van der Waals surface area contributed by atoms with E-state index in [0.717, 1.165) is 10.9 Å². The minimum Gasteiger partial charge on any atom is -0.471 e. The first-order valence-corrected chi connectivity index (χ1v) is 7.71. The highest BCUT2D eigenvalue weighted by molar-refractivity contribution is 6.30. The molecule has 3 heterocycles. The van der Waals surface area contributed by atoms with Crippen LogP contribution in [0.25, 0.3) is 10.9 Å². The van der Waals surface area contributed by atoms with Crippen molar-refractivity contribution in [3.05, 3.63) is 59.4 Å². The summed E-state index contributed by atoms with van der Waals surface area (Å²) in [5.74, 6) is 0.546. The van der Waals surface area contributed by atoms with Gasteiger partial charge in [-0.1, -0.05) is 17.7 Å². The number of carbonyl (C=O) groups is 1. The van der Waals surface area contributed by atoms with E-state index in [1.807, 2.05) is 30.5 Å². The molecule has 1 aliphatic heterocycles. The summed E-state index contributed by atoms with van der Waals surface area (Å²) in [4.78, 5) is 21.4. The van der Waals surface area contributed by atoms with Crippen LogP contribution in [-0.2, 0) is 0 Å². The molecule has 6 heteroatoms. The standard InChI is InChI=1S/C17H14ClN3O2/c18-13-3-4-16(20-8-13)23-14-9-21(10-14)17(22)12-2-1-11-5-6-19-15(11)7-12/h1-8,14,19H,9-10H2. The van der Waals surface area contributed by atoms with Crippen LogP contribution in [0.5, 0.6) is 5.88 Å². The number of amides is 1. The average molecular weight is 328 g/mol. The van der Waals surface area contributed by atoms with Gasteiger partial charge in [-0.3, -0.25) is 4.79 Å². The Balaban J connectivity index is 1.39. The van der Waals surface area contributed by atoms with Gasteiger partial charge in [0.05, 0.1) is 18.1 Å². The molecule has 1 fully saturated rings. The summed E-state index contributed by atoms with van der Waals surface area (Å²) in [6.07, 6.45) is 3.39. The Bertz CT molecular complexity index is 854. The quantitative estimate of drug-likeness (QED) is 0.804. The highest BCUT2D eigenvalue weighted by Crippen LogP contribution is 2.21. The Morgan fingerprint density at radius 3 is 2.91 bits per heavy atom. The molecule has 1 amide bonds. The Kier molecular flexibility index (Phi) is 3.42. The molecule has 1 saturated heterocycles. The van der Waals surface area contributed by atoms with Crippen LogP contribution in [0.4, 0.5) is 0 Å². The lowest BCUT2D eigenvalue weighted by atomic mass is 10.1. The number of fused-ring (bicyclic) bond motifs is 1. The molecule has 0 aliphatic carbocycles. The van der Waals surface area contributed by atoms with E-state index in [0.29, 0.717) is 29.6 Å². The van der Waals surface area contributed by atoms with Crippen LogP contribution in [0.3, 0.4) is 0 Å². The molecule has 116 valence electrons. The van der Waals surface area contributed by atoms with E-state index in [4.69, 9.17) is 16.3 Å². The number of aromatic nitrogens is 2. The number of pyridine rings is 1. The molecule has 0 unspecified atom stereocenters. The van der Waals surface area contributed by atoms with Crippen molar-refractivity contribution in [3.63, 3.8) is 0 Å². The summed E-state index contributed by atoms with van der Waals surface area (Å²) in [5, 5.41) is 1.67. The van der Waals surface area contributed by atoms with Crippen LogP contribution < -0.4 is 4.74 Å². The summed E-state index contributed by atoms with van der Waals surface area (Å²) >= 11 is 5.79. The normalized spacial score (nSPS) is 14.7. The number of hydrogen-bond acceptors (Lipinski definition) is 3. The van der Waals surface area contributed by atoms with Crippen molar-refractivity contribution in [2.75, 3.05) is 13.1 Å². The van der Waals surface area contributed by atoms with E-state index < -0.39 is 0 Å². The SMILES string of the molecule is O=C(c1ccc2cc[nH]c2c1)N1CC(Oc2ccc(Cl)cn2)C1. The molecule has 0 bridgehead atoms. The highest BCUT2D eigenvalue weighted by Gasteiger charge is 2.33. The summed E-state index contributed by atoms with van der Waals surface area (Å²) < 4.78 is 5.71. The third-order valence-electron chi connectivity index (χ3n) is 3.92. The molecule has 1 aliphatic rings. The number of hydrogen-bond donors (Lipinski definition) is 1. The third-order valence-corrected chi connectivity index (χ3v) is 4.15. The molecule has 2 aromatic heterocycles. The smallest absolute Gasteiger partial charge is 0.254 e. The van der Waals surface area contributed by atoms with Crippen molar-refractivity contribution in [2.24, 2.45) is 0 Å². The van der Waals surface area contributed by atoms with Gasteiger partial charge in [0, 0.05) is 29.5 Å². The number of H-pyrrole nitrogens is 1. The first-order valence-electron chi connectivity index (χ1n) is 7.34. The maximum Gasteiger partial charge on any atom is 0.254 e. The molecule has 0 saturated carbocycles. The van der Waals surface area contributed by atoms with Crippen LogP contribution in [0, 0.1) is 0 Å². The van der Waals surface area contributed by atoms with Gasteiger partial charge in [0.1, 0.15) is 6.10 Å². The second-order valence-corrected chi connectivity index (χ2v) is 5.98. The third kappa shape index (κ3) is 2.75. The largest absolute Gasteiger partial charge is 0.471 e. The van der Waals surface area contributed by atoms with Gasteiger partial charge in [-0.2, -0.15) is 0 Å². The second-order valence-electron chi connectivity index (χ2n) is 5.54. The van der Waals surface area contributed by atoms with Crippen LogP contribution in [-0.4, -0.2) is 40.0 Å². The highest BCUT2D eigenvalue weighted by atomic mass is 35.5. The fourth-order valence-electron chi connectivity index (χ4n) is 2.64. The van der Waals surface area contributed by atoms with Crippen LogP contribution in [0.1, 0.15) is 10.4 Å². The fourth-order valence-corrected chi connectivity index (χ4v) is 2.76. The Morgan fingerprint density at radius 2 is 2.13 bits per heavy atom. The lowest BCUT2D eigenvalue weighted by Crippen LogP contribution is -2.56. The lowest BCUT2D eigenvalue weighted by molar-refractivity contribution is 0.0160. The fraction of sp³-hybridized carbons (Fsp3) is 0.176. The zero-order valence-electron chi connectivity index (χ0n) is 12.2. The van der Waals surface area contributed by atoms with Gasteiger partial charge in [0.25, 0.3) is 5.91 Å². The zero-order valence-corrected chi connectivity index (χ0v) is 13.0. The van der Waals surface area contributed by atoms with Gasteiger partial charge >= 0.3 is 0 Å². The van der Waals surface area contributed by atoms with Crippen molar-refractivity contribution in [1.82, 2.24) is 14.9 Å². The summed E-state index contributed by atoms with van der Waals surface area (Å²) in [7, 11) is 0. The van der Waals surface area contributed by atoms with Crippen molar-refractivity contribution < 1.29 is 9.53 Å². The molecule has 0 spiro atoms. The van der Waals surface area contributed by atoms with E-state index >= 15 is 0 Å². The second kappa shape index (κ2) is 5.59. The zero-order chi connectivity index (χ0) is 15.8. The molecule has 5 nitrogen and oxygen atoms in total. The monoisotopic (exact) mass is 327 g/mol. The van der Waals surface area contributed by atoms with Gasteiger partial charge in [-0.15, -0.1) is 0 Å². The topological polar surface area (TPSA) is 58.2 Å². The van der Waals surface area contributed by atoms with E-state index in [2.05, 4.69) is 9.97 Å². The first-order chi connectivity index (χ1) is 11.2. The van der Waals surface area contributed by atoms with Gasteiger partial charge < -0.3 is 14.6 Å². The molecular weight excluding hydrogens is 314 g/mol. The van der Waals surface area contributed by atoms with Gasteiger partial charge in [-0.25, -0.2) is 4.98 Å². The van der Waals surface area contributed by atoms with Crippen LogP contribution in [0.2, 0.25) is 5.02 Å². The number of benzene rings is 1. The number of nitrogens with one attached hydrogen (secondary N) is 1. The molecule has 0 radical (unpaired) electrons. The van der Waals surface area contributed by atoms with E-state index in [9.17, 15) is 4.79 Å². The molecule has 3 aromatic rings. The van der Waals surface area contributed by atoms with Gasteiger partial charge in [0.2, 0.25) is 5.88 Å². The van der Waals surface area contributed by atoms with Crippen molar-refractivity contribution in [1.29, 1.82) is 0 Å². The van der Waals surface area contributed by atoms with Gasteiger partial charge in [-0.05, 0) is 29.7 Å². The molecule has 4 rings (SSSR count). The number of carbonyl (C=O) groups excluding carboxylic acids is 1. The van der Waals surface area contributed by atoms with E-state index in [1.54, 1.807) is 23.2 Å². The van der Waals surface area contributed by atoms with E-state index in [-0.39, 0.29) is 12.0 Å². The number of aromatic amines is 1. The van der Waals surface area contributed by atoms with Gasteiger partial charge in [0.15, 0.2) is 0 Å². The summed E-state index contributed by atoms with van der Waals surface area (Å²) in [6.45, 7) is 1.12. The van der Waals surface area contributed by atoms with Crippen LogP contribution >= 0.6 is 11.6 Å². The number of likely N-dealkylation sites (tertiary alicyclic amines) is 1. The predicted octanol–water partition coefficient (Wildman–Crippen LogP) is 3.12. The molecule has 1 N–H and O–H groups in total. The average Bonchev–Trinajstić information content (AvgIpc) is 2.99. The molecule has 1 aromatic carbocycles.